The fourth-order valence-corrected chi connectivity index (χ4v) is 3.63. The zero-order chi connectivity index (χ0) is 19.6. The van der Waals surface area contributed by atoms with Gasteiger partial charge in [-0.1, -0.05) is 12.1 Å². The minimum atomic E-state index is -3.36. The first-order chi connectivity index (χ1) is 12.1. The van der Waals surface area contributed by atoms with E-state index in [9.17, 15) is 18.0 Å². The SMILES string of the molecule is COC(=O)C1=C(C)NC(C)=C(C(=O)OC)C1c1ccc(S(C)(=O)=O)cc1. The van der Waals surface area contributed by atoms with Gasteiger partial charge in [-0.15, -0.1) is 0 Å². The second-order valence-corrected chi connectivity index (χ2v) is 7.98. The summed E-state index contributed by atoms with van der Waals surface area (Å²) in [4.78, 5) is 24.9. The van der Waals surface area contributed by atoms with E-state index >= 15 is 0 Å². The number of dihydropyridines is 1. The van der Waals surface area contributed by atoms with E-state index in [0.29, 0.717) is 17.0 Å². The van der Waals surface area contributed by atoms with Crippen LogP contribution in [0.1, 0.15) is 25.3 Å². The third-order valence-corrected chi connectivity index (χ3v) is 5.34. The minimum absolute atomic E-state index is 0.149. The molecule has 0 bridgehead atoms. The molecule has 140 valence electrons. The van der Waals surface area contributed by atoms with Crippen molar-refractivity contribution in [1.82, 2.24) is 5.32 Å². The van der Waals surface area contributed by atoms with E-state index in [-0.39, 0.29) is 16.0 Å². The molecule has 1 aromatic carbocycles. The second kappa shape index (κ2) is 7.33. The summed E-state index contributed by atoms with van der Waals surface area (Å²) in [7, 11) is -0.842. The average molecular weight is 379 g/mol. The van der Waals surface area contributed by atoms with Crippen LogP contribution in [0.15, 0.2) is 51.7 Å². The molecule has 0 amide bonds. The third-order valence-electron chi connectivity index (χ3n) is 4.21. The number of benzene rings is 1. The van der Waals surface area contributed by atoms with Crippen molar-refractivity contribution in [1.29, 1.82) is 0 Å². The standard InChI is InChI=1S/C18H21NO6S/c1-10-14(17(20)24-3)16(15(11(2)19-10)18(21)25-4)12-6-8-13(9-7-12)26(5,22)23/h6-9,16,19H,1-5H3. The van der Waals surface area contributed by atoms with E-state index in [1.165, 1.54) is 26.4 Å². The molecule has 1 aliphatic rings. The Morgan fingerprint density at radius 3 is 1.69 bits per heavy atom. The van der Waals surface area contributed by atoms with Crippen LogP contribution in [-0.2, 0) is 28.9 Å². The summed E-state index contributed by atoms with van der Waals surface area (Å²) >= 11 is 0. The van der Waals surface area contributed by atoms with E-state index in [2.05, 4.69) is 5.32 Å². The van der Waals surface area contributed by atoms with Crippen LogP contribution >= 0.6 is 0 Å². The summed E-state index contributed by atoms with van der Waals surface area (Å²) in [6.45, 7) is 3.42. The molecule has 2 rings (SSSR count). The highest BCUT2D eigenvalue weighted by Crippen LogP contribution is 2.39. The Morgan fingerprint density at radius 2 is 1.35 bits per heavy atom. The van der Waals surface area contributed by atoms with Gasteiger partial charge in [-0.05, 0) is 31.5 Å². The van der Waals surface area contributed by atoms with Gasteiger partial charge < -0.3 is 14.8 Å². The lowest BCUT2D eigenvalue weighted by atomic mass is 9.80. The maximum atomic E-state index is 12.4. The van der Waals surface area contributed by atoms with Crippen molar-refractivity contribution in [2.75, 3.05) is 20.5 Å². The number of hydrogen-bond donors (Lipinski definition) is 1. The molecule has 0 atom stereocenters. The van der Waals surface area contributed by atoms with E-state index in [4.69, 9.17) is 9.47 Å². The van der Waals surface area contributed by atoms with Gasteiger partial charge in [0.15, 0.2) is 9.84 Å². The number of carbonyl (C=O) groups is 2. The molecule has 0 radical (unpaired) electrons. The lowest BCUT2D eigenvalue weighted by molar-refractivity contribution is -0.137. The highest BCUT2D eigenvalue weighted by molar-refractivity contribution is 7.90. The van der Waals surface area contributed by atoms with Crippen LogP contribution < -0.4 is 5.32 Å². The molecule has 0 saturated heterocycles. The Kier molecular flexibility index (Phi) is 5.56. The molecule has 7 nitrogen and oxygen atoms in total. The van der Waals surface area contributed by atoms with Gasteiger partial charge in [0, 0.05) is 17.6 Å². The van der Waals surface area contributed by atoms with Crippen LogP contribution in [-0.4, -0.2) is 40.8 Å². The number of sulfone groups is 1. The van der Waals surface area contributed by atoms with Crippen molar-refractivity contribution in [3.8, 4) is 0 Å². The number of carbonyl (C=O) groups excluding carboxylic acids is 2. The monoisotopic (exact) mass is 379 g/mol. The highest BCUT2D eigenvalue weighted by atomic mass is 32.2. The number of ether oxygens (including phenoxy) is 2. The van der Waals surface area contributed by atoms with Crippen molar-refractivity contribution < 1.29 is 27.5 Å². The molecule has 1 heterocycles. The zero-order valence-corrected chi connectivity index (χ0v) is 16.1. The molecule has 0 aliphatic carbocycles. The van der Waals surface area contributed by atoms with Gasteiger partial charge in [0.05, 0.1) is 36.2 Å². The Balaban J connectivity index is 2.68. The van der Waals surface area contributed by atoms with Crippen molar-refractivity contribution in [2.45, 2.75) is 24.7 Å². The van der Waals surface area contributed by atoms with Crippen LogP contribution in [0.2, 0.25) is 0 Å². The van der Waals surface area contributed by atoms with Crippen LogP contribution in [0.5, 0.6) is 0 Å². The number of methoxy groups -OCH3 is 2. The van der Waals surface area contributed by atoms with Gasteiger partial charge in [0.1, 0.15) is 0 Å². The Hall–Kier alpha value is -2.61. The summed E-state index contributed by atoms with van der Waals surface area (Å²) in [5.74, 6) is -1.90. The molecule has 1 aliphatic heterocycles. The molecule has 0 fully saturated rings. The molecule has 1 N–H and O–H groups in total. The zero-order valence-electron chi connectivity index (χ0n) is 15.2. The first-order valence-electron chi connectivity index (χ1n) is 7.77. The summed E-state index contributed by atoms with van der Waals surface area (Å²) in [5.41, 5.74) is 2.23. The lowest BCUT2D eigenvalue weighted by Crippen LogP contribution is -2.32. The van der Waals surface area contributed by atoms with Gasteiger partial charge in [-0.3, -0.25) is 0 Å². The van der Waals surface area contributed by atoms with Crippen molar-refractivity contribution >= 4 is 21.8 Å². The molecule has 0 unspecified atom stereocenters. The van der Waals surface area contributed by atoms with E-state index < -0.39 is 27.7 Å². The molecular formula is C18H21NO6S. The predicted molar refractivity (Wildman–Crippen MR) is 94.9 cm³/mol. The topological polar surface area (TPSA) is 98.8 Å². The summed E-state index contributed by atoms with van der Waals surface area (Å²) in [6.07, 6.45) is 1.11. The average Bonchev–Trinajstić information content (AvgIpc) is 2.59. The van der Waals surface area contributed by atoms with Crippen LogP contribution in [0, 0.1) is 0 Å². The first kappa shape index (κ1) is 19.7. The van der Waals surface area contributed by atoms with Gasteiger partial charge in [-0.25, -0.2) is 18.0 Å². The van der Waals surface area contributed by atoms with Crippen LogP contribution in [0.25, 0.3) is 0 Å². The Morgan fingerprint density at radius 1 is 0.923 bits per heavy atom. The van der Waals surface area contributed by atoms with Crippen molar-refractivity contribution in [3.63, 3.8) is 0 Å². The fourth-order valence-electron chi connectivity index (χ4n) is 3.00. The number of hydrogen-bond acceptors (Lipinski definition) is 7. The Bertz CT molecular complexity index is 872. The molecular weight excluding hydrogens is 358 g/mol. The summed E-state index contributed by atoms with van der Waals surface area (Å²) in [5, 5.41) is 3.01. The minimum Gasteiger partial charge on any atom is -0.466 e. The first-order valence-corrected chi connectivity index (χ1v) is 9.66. The number of rotatable bonds is 4. The van der Waals surface area contributed by atoms with Gasteiger partial charge in [0.25, 0.3) is 0 Å². The van der Waals surface area contributed by atoms with E-state index in [0.717, 1.165) is 6.26 Å². The van der Waals surface area contributed by atoms with E-state index in [1.807, 2.05) is 0 Å². The number of esters is 2. The smallest absolute Gasteiger partial charge is 0.336 e. The Labute approximate surface area is 152 Å². The van der Waals surface area contributed by atoms with Crippen molar-refractivity contribution in [2.24, 2.45) is 0 Å². The maximum Gasteiger partial charge on any atom is 0.336 e. The highest BCUT2D eigenvalue weighted by Gasteiger charge is 2.37. The molecule has 1 aromatic rings. The second-order valence-electron chi connectivity index (χ2n) is 5.96. The number of nitrogens with one attached hydrogen (secondary N) is 1. The molecule has 26 heavy (non-hydrogen) atoms. The molecule has 0 spiro atoms. The molecule has 0 aromatic heterocycles. The third kappa shape index (κ3) is 3.65. The fraction of sp³-hybridized carbons (Fsp3) is 0.333. The van der Waals surface area contributed by atoms with Gasteiger partial charge in [-0.2, -0.15) is 0 Å². The van der Waals surface area contributed by atoms with Crippen molar-refractivity contribution in [3.05, 3.63) is 52.4 Å². The number of allylic oxidation sites excluding steroid dienone is 2. The van der Waals surface area contributed by atoms with Crippen LogP contribution in [0.4, 0.5) is 0 Å². The van der Waals surface area contributed by atoms with Gasteiger partial charge in [0.2, 0.25) is 0 Å². The predicted octanol–water partition coefficient (Wildman–Crippen LogP) is 1.67. The summed E-state index contributed by atoms with van der Waals surface area (Å²) < 4.78 is 33.1. The molecule has 8 heteroatoms. The molecule has 0 saturated carbocycles. The lowest BCUT2D eigenvalue weighted by Gasteiger charge is -2.30. The van der Waals surface area contributed by atoms with Crippen LogP contribution in [0.3, 0.4) is 0 Å². The van der Waals surface area contributed by atoms with E-state index in [1.54, 1.807) is 26.0 Å². The normalized spacial score (nSPS) is 15.6. The largest absolute Gasteiger partial charge is 0.466 e. The summed E-state index contributed by atoms with van der Waals surface area (Å²) in [6, 6.07) is 6.06. The van der Waals surface area contributed by atoms with Gasteiger partial charge >= 0.3 is 11.9 Å². The maximum absolute atomic E-state index is 12.4. The quantitative estimate of drug-likeness (QED) is 0.795.